The van der Waals surface area contributed by atoms with E-state index >= 15 is 8.78 Å². The van der Waals surface area contributed by atoms with Crippen LogP contribution in [0.15, 0.2) is 48.5 Å². The smallest absolute Gasteiger partial charge is 0.387 e. The molecule has 0 bridgehead atoms. The summed E-state index contributed by atoms with van der Waals surface area (Å²) in [6.45, 7) is -0.392. The lowest BCUT2D eigenvalue weighted by molar-refractivity contribution is -0.118. The minimum atomic E-state index is -3.06. The fourth-order valence-electron chi connectivity index (χ4n) is 4.47. The number of methoxy groups -OCH3 is 2. The van der Waals surface area contributed by atoms with E-state index in [1.54, 1.807) is 0 Å². The molecule has 2 aromatic carbocycles. The van der Waals surface area contributed by atoms with Crippen molar-refractivity contribution in [2.24, 2.45) is 0 Å². The Balaban J connectivity index is 1.74. The molecule has 1 fully saturated rings. The summed E-state index contributed by atoms with van der Waals surface area (Å²) in [4.78, 5) is 32.3. The Labute approximate surface area is 232 Å². The molecule has 0 saturated carbocycles. The van der Waals surface area contributed by atoms with Crippen molar-refractivity contribution in [2.45, 2.75) is 38.0 Å². The van der Waals surface area contributed by atoms with Gasteiger partial charge < -0.3 is 24.6 Å². The topological polar surface area (TPSA) is 110 Å². The average molecular weight is 578 g/mol. The number of halogens is 4. The molecule has 2 heterocycles. The number of pyridine rings is 1. The van der Waals surface area contributed by atoms with Crippen LogP contribution in [0.25, 0.3) is 0 Å². The highest BCUT2D eigenvalue weighted by Crippen LogP contribution is 2.37. The maximum Gasteiger partial charge on any atom is 0.387 e. The number of benzene rings is 2. The molecule has 0 aliphatic carbocycles. The second-order valence-electron chi connectivity index (χ2n) is 9.72. The van der Waals surface area contributed by atoms with Crippen LogP contribution in [0.5, 0.6) is 17.2 Å². The number of carbonyl (C=O) groups is 2. The maximum absolute atomic E-state index is 15.2. The minimum absolute atomic E-state index is 0.0175. The van der Waals surface area contributed by atoms with Gasteiger partial charge in [-0.05, 0) is 38.1 Å². The lowest BCUT2D eigenvalue weighted by Crippen LogP contribution is -2.44. The van der Waals surface area contributed by atoms with E-state index in [4.69, 9.17) is 9.47 Å². The second-order valence-corrected chi connectivity index (χ2v) is 9.72. The van der Waals surface area contributed by atoms with Gasteiger partial charge in [0.05, 0.1) is 19.9 Å². The van der Waals surface area contributed by atoms with Crippen LogP contribution in [-0.4, -0.2) is 55.3 Å². The first-order valence-electron chi connectivity index (χ1n) is 12.3. The van der Waals surface area contributed by atoms with Crippen LogP contribution < -0.4 is 24.4 Å². The number of hydrogen-bond acceptors (Lipinski definition) is 7. The number of aromatic nitrogens is 1. The number of hydrogen-bond donors (Lipinski definition) is 2. The molecule has 1 saturated heterocycles. The van der Waals surface area contributed by atoms with Crippen molar-refractivity contribution in [1.82, 2.24) is 10.3 Å². The van der Waals surface area contributed by atoms with Gasteiger partial charge >= 0.3 is 6.61 Å². The molecule has 0 spiro atoms. The van der Waals surface area contributed by atoms with Crippen molar-refractivity contribution in [3.8, 4) is 17.2 Å². The highest BCUT2D eigenvalue weighted by molar-refractivity contribution is 6.04. The highest BCUT2D eigenvalue weighted by atomic mass is 19.3. The molecular weight excluding hydrogens is 550 g/mol. The molecule has 41 heavy (non-hydrogen) atoms. The van der Waals surface area contributed by atoms with Gasteiger partial charge in [0.25, 0.3) is 11.8 Å². The first-order valence-corrected chi connectivity index (χ1v) is 12.3. The van der Waals surface area contributed by atoms with E-state index in [0.717, 1.165) is 29.2 Å². The second kappa shape index (κ2) is 11.6. The van der Waals surface area contributed by atoms with E-state index < -0.39 is 53.2 Å². The van der Waals surface area contributed by atoms with Crippen LogP contribution in [-0.2, 0) is 10.4 Å². The van der Waals surface area contributed by atoms with E-state index in [2.05, 4.69) is 15.0 Å². The Kier molecular flexibility index (Phi) is 8.38. The van der Waals surface area contributed by atoms with Gasteiger partial charge in [-0.15, -0.1) is 0 Å². The number of nitrogens with zero attached hydrogens (tertiary/aromatic N) is 2. The predicted octanol–water partition coefficient (Wildman–Crippen LogP) is 4.13. The van der Waals surface area contributed by atoms with Gasteiger partial charge in [-0.2, -0.15) is 8.78 Å². The molecule has 218 valence electrons. The summed E-state index contributed by atoms with van der Waals surface area (Å²) in [7, 11) is 2.62. The van der Waals surface area contributed by atoms with E-state index in [1.807, 2.05) is 0 Å². The first-order chi connectivity index (χ1) is 19.3. The number of rotatable bonds is 9. The zero-order valence-electron chi connectivity index (χ0n) is 22.5. The van der Waals surface area contributed by atoms with Gasteiger partial charge in [-0.1, -0.05) is 0 Å². The fourth-order valence-corrected chi connectivity index (χ4v) is 4.47. The van der Waals surface area contributed by atoms with Gasteiger partial charge in [0.1, 0.15) is 46.3 Å². The molecule has 4 rings (SSSR count). The summed E-state index contributed by atoms with van der Waals surface area (Å²) in [6, 6.07) is 8.04. The lowest BCUT2D eigenvalue weighted by atomic mass is 9.92. The summed E-state index contributed by atoms with van der Waals surface area (Å²) >= 11 is 0. The number of alkyl halides is 2. The number of nitrogens with one attached hydrogen (secondary N) is 1. The van der Waals surface area contributed by atoms with Gasteiger partial charge in [0, 0.05) is 47.9 Å². The number of amides is 2. The molecule has 2 N–H and O–H groups in total. The van der Waals surface area contributed by atoms with Gasteiger partial charge in [-0.25, -0.2) is 13.8 Å². The Bertz CT molecular complexity index is 1420. The van der Waals surface area contributed by atoms with Crippen molar-refractivity contribution in [3.63, 3.8) is 0 Å². The third-order valence-electron chi connectivity index (χ3n) is 6.53. The Morgan fingerprint density at radius 2 is 1.61 bits per heavy atom. The summed E-state index contributed by atoms with van der Waals surface area (Å²) in [6.07, 6.45) is 0. The quantitative estimate of drug-likeness (QED) is 0.368. The van der Waals surface area contributed by atoms with Gasteiger partial charge in [0.15, 0.2) is 0 Å². The molecule has 13 heteroatoms. The van der Waals surface area contributed by atoms with Crippen LogP contribution in [0, 0.1) is 11.6 Å². The maximum atomic E-state index is 15.2. The molecule has 2 amide bonds. The first kappa shape index (κ1) is 29.6. The molecular formula is C28H27F4N3O6. The SMILES string of the molecule is COc1cc(N2CC(c3c(F)cc(OC)cc3F)C(NC(=O)c3ccc(OC(F)F)cc3)C2=O)nc(C(C)(C)O)c1. The average Bonchev–Trinajstić information content (AvgIpc) is 3.22. The zero-order valence-corrected chi connectivity index (χ0v) is 22.5. The molecule has 1 aliphatic rings. The van der Waals surface area contributed by atoms with Gasteiger partial charge in [0.2, 0.25) is 0 Å². The van der Waals surface area contributed by atoms with Crippen LogP contribution >= 0.6 is 0 Å². The third-order valence-corrected chi connectivity index (χ3v) is 6.53. The number of aliphatic hydroxyl groups is 1. The van der Waals surface area contributed by atoms with Crippen molar-refractivity contribution < 1.29 is 46.5 Å². The lowest BCUT2D eigenvalue weighted by Gasteiger charge is -2.22. The van der Waals surface area contributed by atoms with E-state index in [1.165, 1.54) is 52.3 Å². The Morgan fingerprint density at radius 3 is 2.15 bits per heavy atom. The van der Waals surface area contributed by atoms with Crippen LogP contribution in [0.2, 0.25) is 0 Å². The molecule has 2 unspecified atom stereocenters. The zero-order chi connectivity index (χ0) is 30.1. The van der Waals surface area contributed by atoms with E-state index in [-0.39, 0.29) is 40.9 Å². The van der Waals surface area contributed by atoms with Gasteiger partial charge in [-0.3, -0.25) is 14.5 Å². The summed E-state index contributed by atoms with van der Waals surface area (Å²) < 4.78 is 69.9. The van der Waals surface area contributed by atoms with Crippen molar-refractivity contribution in [2.75, 3.05) is 25.7 Å². The Morgan fingerprint density at radius 1 is 1.02 bits per heavy atom. The van der Waals surface area contributed by atoms with Crippen molar-refractivity contribution in [1.29, 1.82) is 0 Å². The monoisotopic (exact) mass is 577 g/mol. The Hall–Kier alpha value is -4.39. The summed E-state index contributed by atoms with van der Waals surface area (Å²) in [5.41, 5.74) is -1.74. The normalized spacial score (nSPS) is 17.1. The standard InChI is InChI=1S/C28H27F4N3O6/c1-28(2,38)21-11-17(40-4)12-22(33-21)35-13-18(23-19(29)9-16(39-3)10-20(23)30)24(26(35)37)34-25(36)14-5-7-15(8-6-14)41-27(31)32/h5-12,18,24,27,38H,13H2,1-4H3,(H,34,36). The van der Waals surface area contributed by atoms with E-state index in [9.17, 15) is 23.5 Å². The van der Waals surface area contributed by atoms with Crippen LogP contribution in [0.1, 0.15) is 41.4 Å². The molecule has 9 nitrogen and oxygen atoms in total. The summed E-state index contributed by atoms with van der Waals surface area (Å²) in [5, 5.41) is 13.0. The van der Waals surface area contributed by atoms with Crippen LogP contribution in [0.4, 0.5) is 23.4 Å². The fraction of sp³-hybridized carbons (Fsp3) is 0.321. The molecule has 2 atom stereocenters. The third kappa shape index (κ3) is 6.35. The largest absolute Gasteiger partial charge is 0.497 e. The number of ether oxygens (including phenoxy) is 3. The van der Waals surface area contributed by atoms with Crippen molar-refractivity contribution >= 4 is 17.6 Å². The molecule has 3 aromatic rings. The summed E-state index contributed by atoms with van der Waals surface area (Å²) in [5.74, 6) is -4.74. The molecule has 0 radical (unpaired) electrons. The predicted molar refractivity (Wildman–Crippen MR) is 138 cm³/mol. The highest BCUT2D eigenvalue weighted by Gasteiger charge is 2.46. The number of anilines is 1. The number of carbonyl (C=O) groups excluding carboxylic acids is 2. The van der Waals surface area contributed by atoms with E-state index in [0.29, 0.717) is 0 Å². The van der Waals surface area contributed by atoms with Crippen LogP contribution in [0.3, 0.4) is 0 Å². The molecule has 1 aliphatic heterocycles. The molecule has 1 aromatic heterocycles. The minimum Gasteiger partial charge on any atom is -0.497 e. The van der Waals surface area contributed by atoms with Crippen molar-refractivity contribution in [3.05, 3.63) is 77.0 Å².